The van der Waals surface area contributed by atoms with Gasteiger partial charge in [0.1, 0.15) is 17.7 Å². The Hall–Kier alpha value is -2.03. The van der Waals surface area contributed by atoms with Gasteiger partial charge in [-0.3, -0.25) is 0 Å². The summed E-state index contributed by atoms with van der Waals surface area (Å²) in [5.41, 5.74) is 2.08. The molecule has 0 aliphatic rings. The van der Waals surface area contributed by atoms with E-state index in [1.54, 1.807) is 12.1 Å². The molecule has 106 valence electrons. The quantitative estimate of drug-likeness (QED) is 0.842. The van der Waals surface area contributed by atoms with Gasteiger partial charge >= 0.3 is 0 Å². The highest BCUT2D eigenvalue weighted by molar-refractivity contribution is 5.42. The Kier molecular flexibility index (Phi) is 4.99. The molecule has 2 nitrogen and oxygen atoms in total. The summed E-state index contributed by atoms with van der Waals surface area (Å²) in [7, 11) is 0. The third-order valence-electron chi connectivity index (χ3n) is 3.13. The number of halogens is 1. The molecule has 0 amide bonds. The van der Waals surface area contributed by atoms with Crippen molar-refractivity contribution in [3.8, 4) is 5.75 Å². The number of ether oxygens (including phenoxy) is 1. The molecule has 0 aromatic heterocycles. The summed E-state index contributed by atoms with van der Waals surface area (Å²) >= 11 is 0. The van der Waals surface area contributed by atoms with Gasteiger partial charge in [0.25, 0.3) is 0 Å². The number of hydrogen-bond donors (Lipinski definition) is 1. The smallest absolute Gasteiger partial charge is 0.123 e. The molecule has 0 aliphatic carbocycles. The Morgan fingerprint density at radius 1 is 1.15 bits per heavy atom. The lowest BCUT2D eigenvalue weighted by molar-refractivity contribution is 0.210. The van der Waals surface area contributed by atoms with Gasteiger partial charge in [0, 0.05) is 5.69 Å². The molecule has 1 unspecified atom stereocenters. The fraction of sp³-hybridized carbons (Fsp3) is 0.294. The normalized spacial score (nSPS) is 11.9. The third kappa shape index (κ3) is 4.26. The van der Waals surface area contributed by atoms with Crippen molar-refractivity contribution in [1.29, 1.82) is 0 Å². The van der Waals surface area contributed by atoms with E-state index in [9.17, 15) is 4.39 Å². The maximum absolute atomic E-state index is 12.8. The van der Waals surface area contributed by atoms with Crippen LogP contribution in [0.25, 0.3) is 0 Å². The topological polar surface area (TPSA) is 21.3 Å². The van der Waals surface area contributed by atoms with Crippen molar-refractivity contribution in [2.75, 3.05) is 11.9 Å². The van der Waals surface area contributed by atoms with E-state index in [2.05, 4.69) is 12.2 Å². The second-order valence-electron chi connectivity index (χ2n) is 4.85. The molecule has 0 saturated heterocycles. The second-order valence-corrected chi connectivity index (χ2v) is 4.85. The number of anilines is 1. The summed E-state index contributed by atoms with van der Waals surface area (Å²) in [4.78, 5) is 0. The lowest BCUT2D eigenvalue weighted by Crippen LogP contribution is -2.25. The molecule has 20 heavy (non-hydrogen) atoms. The van der Waals surface area contributed by atoms with Crippen LogP contribution in [-0.4, -0.2) is 12.6 Å². The number of aryl methyl sites for hydroxylation is 1. The zero-order valence-electron chi connectivity index (χ0n) is 11.9. The predicted molar refractivity (Wildman–Crippen MR) is 80.8 cm³/mol. The van der Waals surface area contributed by atoms with Crippen LogP contribution in [0, 0.1) is 12.7 Å². The molecule has 0 aliphatic heterocycles. The van der Waals surface area contributed by atoms with Crippen LogP contribution in [0.15, 0.2) is 48.5 Å². The van der Waals surface area contributed by atoms with Gasteiger partial charge < -0.3 is 10.1 Å². The Bertz CT molecular complexity index is 539. The standard InChI is InChI=1S/C17H20FNO/c1-3-16(20-17-6-4-5-13(2)11-17)12-19-15-9-7-14(18)8-10-15/h4-11,16,19H,3,12H2,1-2H3. The van der Waals surface area contributed by atoms with Gasteiger partial charge in [0.15, 0.2) is 0 Å². The first kappa shape index (κ1) is 14.4. The molecule has 3 heteroatoms. The van der Waals surface area contributed by atoms with Gasteiger partial charge in [0.2, 0.25) is 0 Å². The summed E-state index contributed by atoms with van der Waals surface area (Å²) in [6.45, 7) is 4.83. The van der Waals surface area contributed by atoms with E-state index in [-0.39, 0.29) is 11.9 Å². The molecule has 2 rings (SSSR count). The Morgan fingerprint density at radius 3 is 2.55 bits per heavy atom. The van der Waals surface area contributed by atoms with Crippen LogP contribution in [-0.2, 0) is 0 Å². The fourth-order valence-corrected chi connectivity index (χ4v) is 1.95. The SMILES string of the molecule is CCC(CNc1ccc(F)cc1)Oc1cccc(C)c1. The Balaban J connectivity index is 1.90. The van der Waals surface area contributed by atoms with Crippen LogP contribution in [0.5, 0.6) is 5.75 Å². The predicted octanol–water partition coefficient (Wildman–Crippen LogP) is 4.40. The third-order valence-corrected chi connectivity index (χ3v) is 3.13. The minimum Gasteiger partial charge on any atom is -0.489 e. The van der Waals surface area contributed by atoms with E-state index < -0.39 is 0 Å². The molecule has 0 bridgehead atoms. The molecule has 0 heterocycles. The monoisotopic (exact) mass is 273 g/mol. The highest BCUT2D eigenvalue weighted by atomic mass is 19.1. The van der Waals surface area contributed by atoms with Crippen molar-refractivity contribution in [1.82, 2.24) is 0 Å². The molecular formula is C17H20FNO. The zero-order valence-corrected chi connectivity index (χ0v) is 11.9. The largest absolute Gasteiger partial charge is 0.489 e. The lowest BCUT2D eigenvalue weighted by atomic mass is 10.2. The first-order chi connectivity index (χ1) is 9.67. The van der Waals surface area contributed by atoms with Gasteiger partial charge in [-0.2, -0.15) is 0 Å². The summed E-state index contributed by atoms with van der Waals surface area (Å²) in [5.74, 6) is 0.663. The minimum absolute atomic E-state index is 0.0850. The van der Waals surface area contributed by atoms with Crippen LogP contribution in [0.1, 0.15) is 18.9 Å². The maximum Gasteiger partial charge on any atom is 0.123 e. The van der Waals surface area contributed by atoms with Crippen LogP contribution < -0.4 is 10.1 Å². The first-order valence-electron chi connectivity index (χ1n) is 6.90. The Labute approximate surface area is 119 Å². The van der Waals surface area contributed by atoms with Gasteiger partial charge in [-0.1, -0.05) is 19.1 Å². The minimum atomic E-state index is -0.224. The zero-order chi connectivity index (χ0) is 14.4. The van der Waals surface area contributed by atoms with E-state index >= 15 is 0 Å². The molecule has 2 aromatic carbocycles. The number of hydrogen-bond acceptors (Lipinski definition) is 2. The fourth-order valence-electron chi connectivity index (χ4n) is 1.95. The molecule has 0 fully saturated rings. The molecule has 0 saturated carbocycles. The number of nitrogens with one attached hydrogen (secondary N) is 1. The molecule has 1 atom stereocenters. The highest BCUT2D eigenvalue weighted by Gasteiger charge is 2.08. The van der Waals surface area contributed by atoms with E-state index in [0.29, 0.717) is 6.54 Å². The Morgan fingerprint density at radius 2 is 1.90 bits per heavy atom. The molecule has 0 spiro atoms. The number of benzene rings is 2. The average molecular weight is 273 g/mol. The summed E-state index contributed by atoms with van der Waals surface area (Å²) in [5, 5.41) is 3.27. The van der Waals surface area contributed by atoms with Crippen LogP contribution in [0.2, 0.25) is 0 Å². The van der Waals surface area contributed by atoms with Crippen LogP contribution in [0.4, 0.5) is 10.1 Å². The molecule has 2 aromatic rings. The van der Waals surface area contributed by atoms with E-state index in [1.165, 1.54) is 17.7 Å². The first-order valence-corrected chi connectivity index (χ1v) is 6.90. The van der Waals surface area contributed by atoms with E-state index in [4.69, 9.17) is 4.74 Å². The molecular weight excluding hydrogens is 253 g/mol. The lowest BCUT2D eigenvalue weighted by Gasteiger charge is -2.19. The van der Waals surface area contributed by atoms with Crippen molar-refractivity contribution in [3.63, 3.8) is 0 Å². The van der Waals surface area contributed by atoms with Gasteiger partial charge in [-0.25, -0.2) is 4.39 Å². The average Bonchev–Trinajstić information content (AvgIpc) is 2.45. The molecule has 0 radical (unpaired) electrons. The summed E-state index contributed by atoms with van der Waals surface area (Å²) in [6, 6.07) is 14.4. The van der Waals surface area contributed by atoms with Crippen molar-refractivity contribution < 1.29 is 9.13 Å². The molecule has 1 N–H and O–H groups in total. The van der Waals surface area contributed by atoms with Crippen molar-refractivity contribution in [3.05, 3.63) is 59.9 Å². The second kappa shape index (κ2) is 6.94. The van der Waals surface area contributed by atoms with Crippen molar-refractivity contribution in [2.24, 2.45) is 0 Å². The van der Waals surface area contributed by atoms with Gasteiger partial charge in [0.05, 0.1) is 6.54 Å². The number of rotatable bonds is 6. The summed E-state index contributed by atoms with van der Waals surface area (Å²) in [6.07, 6.45) is 0.990. The van der Waals surface area contributed by atoms with Gasteiger partial charge in [-0.15, -0.1) is 0 Å². The maximum atomic E-state index is 12.8. The highest BCUT2D eigenvalue weighted by Crippen LogP contribution is 2.16. The van der Waals surface area contributed by atoms with Crippen molar-refractivity contribution in [2.45, 2.75) is 26.4 Å². The van der Waals surface area contributed by atoms with Crippen LogP contribution >= 0.6 is 0 Å². The van der Waals surface area contributed by atoms with Crippen LogP contribution in [0.3, 0.4) is 0 Å². The van der Waals surface area contributed by atoms with Gasteiger partial charge in [-0.05, 0) is 55.3 Å². The van der Waals surface area contributed by atoms with E-state index in [0.717, 1.165) is 17.9 Å². The van der Waals surface area contributed by atoms with E-state index in [1.807, 2.05) is 31.2 Å². The van der Waals surface area contributed by atoms with Crippen molar-refractivity contribution >= 4 is 5.69 Å². The summed E-state index contributed by atoms with van der Waals surface area (Å²) < 4.78 is 18.8.